The van der Waals surface area contributed by atoms with Crippen LogP contribution in [-0.2, 0) is 14.8 Å². The standard InChI is InChI=1S/C23H20BrNO5S/c1-3-12-29-23(26)21-14(2)30-22-18-7-5-4-6-17(18)20(13-19(21)22)25-31(27,28)16-10-8-15(24)9-11-16/h4-11,13,25H,3,12H2,1-2H3. The Hall–Kier alpha value is -2.84. The molecule has 160 valence electrons. The molecule has 0 unspecified atom stereocenters. The predicted octanol–water partition coefficient (Wildman–Crippen LogP) is 6.02. The van der Waals surface area contributed by atoms with Crippen molar-refractivity contribution in [3.05, 3.63) is 70.4 Å². The van der Waals surface area contributed by atoms with E-state index in [1.54, 1.807) is 31.2 Å². The average molecular weight is 502 g/mol. The molecule has 6 nitrogen and oxygen atoms in total. The van der Waals surface area contributed by atoms with Gasteiger partial charge in [-0.3, -0.25) is 4.72 Å². The maximum atomic E-state index is 13.0. The van der Waals surface area contributed by atoms with Crippen molar-refractivity contribution in [1.82, 2.24) is 0 Å². The zero-order chi connectivity index (χ0) is 22.2. The van der Waals surface area contributed by atoms with Crippen molar-refractivity contribution >= 4 is 59.4 Å². The van der Waals surface area contributed by atoms with Crippen LogP contribution in [0.2, 0.25) is 0 Å². The smallest absolute Gasteiger partial charge is 0.342 e. The molecule has 4 aromatic rings. The highest BCUT2D eigenvalue weighted by Gasteiger charge is 2.24. The van der Waals surface area contributed by atoms with Gasteiger partial charge < -0.3 is 9.15 Å². The van der Waals surface area contributed by atoms with Gasteiger partial charge in [0.15, 0.2) is 0 Å². The Labute approximate surface area is 188 Å². The molecule has 0 aliphatic carbocycles. The van der Waals surface area contributed by atoms with Crippen LogP contribution in [0, 0.1) is 6.92 Å². The highest BCUT2D eigenvalue weighted by Crippen LogP contribution is 2.37. The zero-order valence-corrected chi connectivity index (χ0v) is 19.3. The first-order valence-electron chi connectivity index (χ1n) is 9.72. The lowest BCUT2D eigenvalue weighted by Gasteiger charge is -2.12. The van der Waals surface area contributed by atoms with Crippen LogP contribution < -0.4 is 4.72 Å². The van der Waals surface area contributed by atoms with Crippen molar-refractivity contribution in [1.29, 1.82) is 0 Å². The van der Waals surface area contributed by atoms with Crippen LogP contribution in [0.3, 0.4) is 0 Å². The summed E-state index contributed by atoms with van der Waals surface area (Å²) in [6, 6.07) is 15.3. The molecule has 0 spiro atoms. The van der Waals surface area contributed by atoms with Gasteiger partial charge in [0.2, 0.25) is 0 Å². The lowest BCUT2D eigenvalue weighted by molar-refractivity contribution is 0.0505. The minimum Gasteiger partial charge on any atom is -0.462 e. The van der Waals surface area contributed by atoms with Gasteiger partial charge in [-0.05, 0) is 43.7 Å². The highest BCUT2D eigenvalue weighted by atomic mass is 79.9. The first kappa shape index (κ1) is 21.4. The second-order valence-electron chi connectivity index (χ2n) is 7.07. The van der Waals surface area contributed by atoms with E-state index in [9.17, 15) is 13.2 Å². The number of hydrogen-bond donors (Lipinski definition) is 1. The molecule has 0 amide bonds. The molecule has 0 fully saturated rings. The number of nitrogens with one attached hydrogen (secondary N) is 1. The Bertz CT molecular complexity index is 1390. The molecule has 0 atom stereocenters. The number of anilines is 1. The number of sulfonamides is 1. The Morgan fingerprint density at radius 2 is 1.74 bits per heavy atom. The first-order chi connectivity index (χ1) is 14.8. The summed E-state index contributed by atoms with van der Waals surface area (Å²) in [6.45, 7) is 3.90. The molecule has 0 bridgehead atoms. The monoisotopic (exact) mass is 501 g/mol. The molecule has 4 rings (SSSR count). The highest BCUT2D eigenvalue weighted by molar-refractivity contribution is 9.10. The number of hydrogen-bond acceptors (Lipinski definition) is 5. The molecular weight excluding hydrogens is 482 g/mol. The van der Waals surface area contributed by atoms with Crippen molar-refractivity contribution in [3.8, 4) is 0 Å². The van der Waals surface area contributed by atoms with Crippen molar-refractivity contribution in [2.24, 2.45) is 0 Å². The summed E-state index contributed by atoms with van der Waals surface area (Å²) in [5.74, 6) is -0.0655. The molecule has 1 N–H and O–H groups in total. The fourth-order valence-electron chi connectivity index (χ4n) is 3.46. The number of carbonyl (C=O) groups is 1. The molecule has 1 heterocycles. The summed E-state index contributed by atoms with van der Waals surface area (Å²) in [5, 5.41) is 1.87. The topological polar surface area (TPSA) is 85.6 Å². The number of fused-ring (bicyclic) bond motifs is 3. The normalized spacial score (nSPS) is 11.7. The summed E-state index contributed by atoms with van der Waals surface area (Å²) in [5.41, 5.74) is 1.18. The van der Waals surface area contributed by atoms with E-state index in [1.165, 1.54) is 12.1 Å². The molecule has 0 aliphatic heterocycles. The van der Waals surface area contributed by atoms with E-state index in [0.717, 1.165) is 4.47 Å². The molecule has 8 heteroatoms. The Morgan fingerprint density at radius 1 is 1.06 bits per heavy atom. The maximum Gasteiger partial charge on any atom is 0.342 e. The molecular formula is C23H20BrNO5S. The minimum atomic E-state index is -3.85. The second kappa shape index (κ2) is 8.36. The summed E-state index contributed by atoms with van der Waals surface area (Å²) in [7, 11) is -3.85. The van der Waals surface area contributed by atoms with Gasteiger partial charge in [0.25, 0.3) is 10.0 Å². The average Bonchev–Trinajstić information content (AvgIpc) is 3.08. The van der Waals surface area contributed by atoms with Crippen LogP contribution >= 0.6 is 15.9 Å². The molecule has 0 saturated carbocycles. The van der Waals surface area contributed by atoms with Crippen molar-refractivity contribution < 1.29 is 22.4 Å². The van der Waals surface area contributed by atoms with E-state index in [4.69, 9.17) is 9.15 Å². The van der Waals surface area contributed by atoms with E-state index >= 15 is 0 Å². The Kier molecular flexibility index (Phi) is 5.77. The van der Waals surface area contributed by atoms with Gasteiger partial charge in [-0.1, -0.05) is 47.1 Å². The van der Waals surface area contributed by atoms with Crippen molar-refractivity contribution in [3.63, 3.8) is 0 Å². The van der Waals surface area contributed by atoms with E-state index in [2.05, 4.69) is 20.7 Å². The van der Waals surface area contributed by atoms with E-state index < -0.39 is 16.0 Å². The van der Waals surface area contributed by atoms with Crippen LogP contribution in [0.4, 0.5) is 5.69 Å². The predicted molar refractivity (Wildman–Crippen MR) is 124 cm³/mol. The van der Waals surface area contributed by atoms with Gasteiger partial charge in [-0.2, -0.15) is 0 Å². The molecule has 0 saturated heterocycles. The third-order valence-electron chi connectivity index (χ3n) is 4.88. The first-order valence-corrected chi connectivity index (χ1v) is 12.0. The number of benzene rings is 3. The van der Waals surface area contributed by atoms with Crippen LogP contribution in [0.5, 0.6) is 0 Å². The van der Waals surface area contributed by atoms with E-state index in [1.807, 2.05) is 25.1 Å². The lowest BCUT2D eigenvalue weighted by Crippen LogP contribution is -2.13. The third kappa shape index (κ3) is 4.05. The van der Waals surface area contributed by atoms with Gasteiger partial charge in [0.1, 0.15) is 16.9 Å². The van der Waals surface area contributed by atoms with Crippen LogP contribution in [0.15, 0.2) is 68.4 Å². The van der Waals surface area contributed by atoms with Crippen LogP contribution in [-0.4, -0.2) is 21.0 Å². The van der Waals surface area contributed by atoms with Gasteiger partial charge >= 0.3 is 5.97 Å². The molecule has 1 aromatic heterocycles. The largest absolute Gasteiger partial charge is 0.462 e. The third-order valence-corrected chi connectivity index (χ3v) is 6.79. The van der Waals surface area contributed by atoms with Crippen molar-refractivity contribution in [2.75, 3.05) is 11.3 Å². The molecule has 0 aliphatic rings. The number of halogens is 1. The molecule has 0 radical (unpaired) electrons. The lowest BCUT2D eigenvalue weighted by atomic mass is 10.0. The molecule has 3 aromatic carbocycles. The van der Waals surface area contributed by atoms with Gasteiger partial charge in [-0.25, -0.2) is 13.2 Å². The number of aryl methyl sites for hydroxylation is 1. The van der Waals surface area contributed by atoms with E-state index in [-0.39, 0.29) is 4.90 Å². The van der Waals surface area contributed by atoms with Crippen LogP contribution in [0.25, 0.3) is 21.7 Å². The van der Waals surface area contributed by atoms with Crippen LogP contribution in [0.1, 0.15) is 29.5 Å². The number of rotatable bonds is 6. The zero-order valence-electron chi connectivity index (χ0n) is 16.9. The fourth-order valence-corrected chi connectivity index (χ4v) is 4.80. The van der Waals surface area contributed by atoms with E-state index in [0.29, 0.717) is 51.8 Å². The Balaban J connectivity index is 1.90. The number of esters is 1. The van der Waals surface area contributed by atoms with Gasteiger partial charge in [0.05, 0.1) is 17.2 Å². The molecule has 31 heavy (non-hydrogen) atoms. The number of furan rings is 1. The fraction of sp³-hybridized carbons (Fsp3) is 0.174. The number of ether oxygens (including phenoxy) is 1. The summed E-state index contributed by atoms with van der Waals surface area (Å²) in [4.78, 5) is 12.8. The summed E-state index contributed by atoms with van der Waals surface area (Å²) >= 11 is 3.31. The SMILES string of the molecule is CCCOC(=O)c1c(C)oc2c1cc(NS(=O)(=O)c1ccc(Br)cc1)c1ccccc12. The summed E-state index contributed by atoms with van der Waals surface area (Å²) in [6.07, 6.45) is 0.696. The quantitative estimate of drug-likeness (QED) is 0.326. The maximum absolute atomic E-state index is 13.0. The number of carbonyl (C=O) groups excluding carboxylic acids is 1. The minimum absolute atomic E-state index is 0.130. The summed E-state index contributed by atoms with van der Waals surface area (Å²) < 4.78 is 40.7. The van der Waals surface area contributed by atoms with Gasteiger partial charge in [0, 0.05) is 20.6 Å². The van der Waals surface area contributed by atoms with Gasteiger partial charge in [-0.15, -0.1) is 0 Å². The van der Waals surface area contributed by atoms with Crippen molar-refractivity contribution in [2.45, 2.75) is 25.2 Å². The Morgan fingerprint density at radius 3 is 2.42 bits per heavy atom. The second-order valence-corrected chi connectivity index (χ2v) is 9.67.